The van der Waals surface area contributed by atoms with E-state index in [1.54, 1.807) is 6.07 Å². The summed E-state index contributed by atoms with van der Waals surface area (Å²) in [6.45, 7) is 0.787. The summed E-state index contributed by atoms with van der Waals surface area (Å²) < 4.78 is 30.6. The van der Waals surface area contributed by atoms with Crippen molar-refractivity contribution in [1.29, 1.82) is 5.26 Å². The number of nitriles is 1. The van der Waals surface area contributed by atoms with E-state index < -0.39 is 10.0 Å². The van der Waals surface area contributed by atoms with Gasteiger partial charge in [0.15, 0.2) is 0 Å². The summed E-state index contributed by atoms with van der Waals surface area (Å²) in [4.78, 5) is 0. The molecule has 1 unspecified atom stereocenters. The highest BCUT2D eigenvalue weighted by atomic mass is 32.2. The van der Waals surface area contributed by atoms with Gasteiger partial charge in [0.1, 0.15) is 5.75 Å². The molecule has 0 aliphatic carbocycles. The number of nitrogen functional groups attached to an aromatic ring is 1. The first-order valence-corrected chi connectivity index (χ1v) is 9.73. The van der Waals surface area contributed by atoms with E-state index in [0.717, 1.165) is 29.4 Å². The number of ether oxygens (including phenoxy) is 1. The van der Waals surface area contributed by atoms with Gasteiger partial charge in [-0.25, -0.2) is 13.1 Å². The van der Waals surface area contributed by atoms with E-state index in [2.05, 4.69) is 10.8 Å². The quantitative estimate of drug-likeness (QED) is 0.813. The van der Waals surface area contributed by atoms with E-state index in [1.807, 2.05) is 30.3 Å². The minimum absolute atomic E-state index is 0.165. The van der Waals surface area contributed by atoms with Crippen LogP contribution in [-0.2, 0) is 23.0 Å². The Hall–Kier alpha value is -2.56. The molecule has 0 aromatic heterocycles. The second-order valence-corrected chi connectivity index (χ2v) is 8.05. The molecule has 0 bridgehead atoms. The standard InChI is InChI=1S/C18H19N3O3S/c1-25(22,23)21-10-12-2-4-14(5-3-12)16-8-15-6-13(9-19)7-17(20)18(15)24-11-16/h2-7,16,21H,8,10-11,20H2,1H3. The van der Waals surface area contributed by atoms with Crippen molar-refractivity contribution in [3.05, 3.63) is 58.7 Å². The molecule has 0 radical (unpaired) electrons. The van der Waals surface area contributed by atoms with Crippen LogP contribution in [-0.4, -0.2) is 21.3 Å². The Bertz CT molecular complexity index is 931. The van der Waals surface area contributed by atoms with Crippen molar-refractivity contribution in [2.45, 2.75) is 18.9 Å². The van der Waals surface area contributed by atoms with E-state index >= 15 is 0 Å². The highest BCUT2D eigenvalue weighted by Gasteiger charge is 2.23. The molecule has 1 aliphatic rings. The average molecular weight is 357 g/mol. The van der Waals surface area contributed by atoms with E-state index in [1.165, 1.54) is 0 Å². The molecule has 1 heterocycles. The largest absolute Gasteiger partial charge is 0.490 e. The van der Waals surface area contributed by atoms with Gasteiger partial charge in [0, 0.05) is 12.5 Å². The van der Waals surface area contributed by atoms with Gasteiger partial charge >= 0.3 is 0 Å². The van der Waals surface area contributed by atoms with Crippen LogP contribution in [0.25, 0.3) is 0 Å². The lowest BCUT2D eigenvalue weighted by Gasteiger charge is -2.27. The zero-order chi connectivity index (χ0) is 18.0. The molecule has 0 spiro atoms. The average Bonchev–Trinajstić information content (AvgIpc) is 2.59. The SMILES string of the molecule is CS(=O)(=O)NCc1ccc(C2COc3c(N)cc(C#N)cc3C2)cc1. The smallest absolute Gasteiger partial charge is 0.209 e. The molecule has 0 amide bonds. The van der Waals surface area contributed by atoms with Gasteiger partial charge in [-0.2, -0.15) is 5.26 Å². The summed E-state index contributed by atoms with van der Waals surface area (Å²) in [6, 6.07) is 13.3. The maximum Gasteiger partial charge on any atom is 0.209 e. The van der Waals surface area contributed by atoms with Crippen LogP contribution in [0.1, 0.15) is 28.2 Å². The van der Waals surface area contributed by atoms with E-state index in [-0.39, 0.29) is 12.5 Å². The summed E-state index contributed by atoms with van der Waals surface area (Å²) in [6.07, 6.45) is 1.88. The Morgan fingerprint density at radius 2 is 2.04 bits per heavy atom. The Morgan fingerprint density at radius 3 is 2.68 bits per heavy atom. The van der Waals surface area contributed by atoms with Crippen LogP contribution in [0.5, 0.6) is 5.75 Å². The molecule has 130 valence electrons. The molecule has 2 aromatic rings. The Labute approximate surface area is 147 Å². The summed E-state index contributed by atoms with van der Waals surface area (Å²) in [5.41, 5.74) is 9.92. The summed E-state index contributed by atoms with van der Waals surface area (Å²) in [7, 11) is -3.21. The zero-order valence-electron chi connectivity index (χ0n) is 13.8. The van der Waals surface area contributed by atoms with Gasteiger partial charge in [0.25, 0.3) is 0 Å². The lowest BCUT2D eigenvalue weighted by atomic mass is 9.89. The molecule has 0 saturated heterocycles. The summed E-state index contributed by atoms with van der Waals surface area (Å²) in [5, 5.41) is 9.09. The number of fused-ring (bicyclic) bond motifs is 1. The fourth-order valence-corrected chi connectivity index (χ4v) is 3.38. The van der Waals surface area contributed by atoms with Crippen LogP contribution in [0.2, 0.25) is 0 Å². The van der Waals surface area contributed by atoms with Crippen LogP contribution in [0, 0.1) is 11.3 Å². The fraction of sp³-hybridized carbons (Fsp3) is 0.278. The van der Waals surface area contributed by atoms with Crippen LogP contribution in [0.4, 0.5) is 5.69 Å². The summed E-state index contributed by atoms with van der Waals surface area (Å²) in [5.74, 6) is 0.835. The number of sulfonamides is 1. The molecule has 0 saturated carbocycles. The first-order chi connectivity index (χ1) is 11.9. The van der Waals surface area contributed by atoms with Crippen molar-refractivity contribution in [1.82, 2.24) is 4.72 Å². The normalized spacial score (nSPS) is 16.6. The molecule has 6 nitrogen and oxygen atoms in total. The van der Waals surface area contributed by atoms with Crippen molar-refractivity contribution in [2.24, 2.45) is 0 Å². The zero-order valence-corrected chi connectivity index (χ0v) is 14.6. The maximum absolute atomic E-state index is 11.2. The topological polar surface area (TPSA) is 105 Å². The van der Waals surface area contributed by atoms with Gasteiger partial charge in [0.05, 0.1) is 30.2 Å². The first-order valence-electron chi connectivity index (χ1n) is 7.84. The molecule has 3 N–H and O–H groups in total. The number of hydrogen-bond donors (Lipinski definition) is 2. The Balaban J connectivity index is 1.76. The fourth-order valence-electron chi connectivity index (χ4n) is 2.95. The minimum Gasteiger partial charge on any atom is -0.490 e. The third-order valence-electron chi connectivity index (χ3n) is 4.21. The number of nitrogens with one attached hydrogen (secondary N) is 1. The van der Waals surface area contributed by atoms with Gasteiger partial charge < -0.3 is 10.5 Å². The first kappa shape index (κ1) is 17.3. The van der Waals surface area contributed by atoms with Crippen LogP contribution in [0.15, 0.2) is 36.4 Å². The lowest BCUT2D eigenvalue weighted by Crippen LogP contribution is -2.22. The third-order valence-corrected chi connectivity index (χ3v) is 4.88. The van der Waals surface area contributed by atoms with Gasteiger partial charge in [-0.05, 0) is 35.2 Å². The number of nitrogens with zero attached hydrogens (tertiary/aromatic N) is 1. The predicted molar refractivity (Wildman–Crippen MR) is 95.6 cm³/mol. The molecule has 2 aromatic carbocycles. The van der Waals surface area contributed by atoms with Crippen LogP contribution in [0.3, 0.4) is 0 Å². The van der Waals surface area contributed by atoms with E-state index in [4.69, 9.17) is 15.7 Å². The van der Waals surface area contributed by atoms with Gasteiger partial charge in [-0.3, -0.25) is 0 Å². The van der Waals surface area contributed by atoms with Crippen molar-refractivity contribution in [3.8, 4) is 11.8 Å². The molecular weight excluding hydrogens is 338 g/mol. The summed E-state index contributed by atoms with van der Waals surface area (Å²) >= 11 is 0. The number of hydrogen-bond acceptors (Lipinski definition) is 5. The Kier molecular flexibility index (Phi) is 4.66. The number of anilines is 1. The third kappa shape index (κ3) is 4.10. The van der Waals surface area contributed by atoms with Crippen molar-refractivity contribution in [3.63, 3.8) is 0 Å². The van der Waals surface area contributed by atoms with Crippen LogP contribution < -0.4 is 15.2 Å². The Morgan fingerprint density at radius 1 is 1.32 bits per heavy atom. The van der Waals surface area contributed by atoms with Gasteiger partial charge in [-0.1, -0.05) is 24.3 Å². The molecule has 25 heavy (non-hydrogen) atoms. The van der Waals surface area contributed by atoms with E-state index in [9.17, 15) is 8.42 Å². The molecule has 7 heteroatoms. The highest BCUT2D eigenvalue weighted by molar-refractivity contribution is 7.88. The van der Waals surface area contributed by atoms with Crippen molar-refractivity contribution < 1.29 is 13.2 Å². The predicted octanol–water partition coefficient (Wildman–Crippen LogP) is 1.91. The molecule has 0 fully saturated rings. The number of nitrogens with two attached hydrogens (primary N) is 1. The van der Waals surface area contributed by atoms with E-state index in [0.29, 0.717) is 23.6 Å². The minimum atomic E-state index is -3.21. The van der Waals surface area contributed by atoms with Crippen molar-refractivity contribution >= 4 is 15.7 Å². The van der Waals surface area contributed by atoms with Crippen LogP contribution >= 0.6 is 0 Å². The molecular formula is C18H19N3O3S. The van der Waals surface area contributed by atoms with Gasteiger partial charge in [0.2, 0.25) is 10.0 Å². The molecule has 1 aliphatic heterocycles. The van der Waals surface area contributed by atoms with Gasteiger partial charge in [-0.15, -0.1) is 0 Å². The second kappa shape index (κ2) is 6.75. The second-order valence-electron chi connectivity index (χ2n) is 6.21. The lowest BCUT2D eigenvalue weighted by molar-refractivity contribution is 0.264. The monoisotopic (exact) mass is 357 g/mol. The molecule has 3 rings (SSSR count). The maximum atomic E-state index is 11.2. The highest BCUT2D eigenvalue weighted by Crippen LogP contribution is 2.37. The number of benzene rings is 2. The van der Waals surface area contributed by atoms with Crippen molar-refractivity contribution in [2.75, 3.05) is 18.6 Å². The molecule has 1 atom stereocenters. The number of rotatable bonds is 4.